The predicted molar refractivity (Wildman–Crippen MR) is 74.9 cm³/mol. The number of nitrogens with zero attached hydrogens (tertiary/aromatic N) is 4. The second kappa shape index (κ2) is 3.95. The van der Waals surface area contributed by atoms with Crippen LogP contribution in [0.3, 0.4) is 0 Å². The zero-order valence-corrected chi connectivity index (χ0v) is 10.3. The SMILES string of the molecule is c1cnc2c(c1)ccn2Cn1ccc2cccnc21. The Morgan fingerprint density at radius 1 is 0.737 bits per heavy atom. The molecule has 92 valence electrons. The summed E-state index contributed by atoms with van der Waals surface area (Å²) < 4.78 is 4.26. The van der Waals surface area contributed by atoms with E-state index in [9.17, 15) is 0 Å². The molecule has 4 aromatic heterocycles. The van der Waals surface area contributed by atoms with Gasteiger partial charge in [0.15, 0.2) is 0 Å². The molecule has 0 radical (unpaired) electrons. The molecule has 0 unspecified atom stereocenters. The molecule has 0 aliphatic rings. The smallest absolute Gasteiger partial charge is 0.141 e. The van der Waals surface area contributed by atoms with Crippen molar-refractivity contribution in [3.05, 3.63) is 61.2 Å². The van der Waals surface area contributed by atoms with E-state index in [4.69, 9.17) is 0 Å². The molecule has 0 aliphatic heterocycles. The van der Waals surface area contributed by atoms with E-state index in [1.165, 1.54) is 0 Å². The van der Waals surface area contributed by atoms with Gasteiger partial charge in [0.2, 0.25) is 0 Å². The van der Waals surface area contributed by atoms with E-state index in [1.807, 2.05) is 24.5 Å². The van der Waals surface area contributed by atoms with Crippen LogP contribution >= 0.6 is 0 Å². The fourth-order valence-corrected chi connectivity index (χ4v) is 2.43. The van der Waals surface area contributed by atoms with Crippen LogP contribution in [0.5, 0.6) is 0 Å². The van der Waals surface area contributed by atoms with Gasteiger partial charge >= 0.3 is 0 Å². The molecule has 0 saturated heterocycles. The average molecular weight is 248 g/mol. The molecule has 4 aromatic rings. The van der Waals surface area contributed by atoms with Crippen molar-refractivity contribution in [2.75, 3.05) is 0 Å². The second-order valence-corrected chi connectivity index (χ2v) is 4.54. The second-order valence-electron chi connectivity index (χ2n) is 4.54. The Bertz CT molecular complexity index is 784. The van der Waals surface area contributed by atoms with Crippen LogP contribution in [-0.4, -0.2) is 19.1 Å². The molecule has 0 atom stereocenters. The zero-order valence-electron chi connectivity index (χ0n) is 10.3. The van der Waals surface area contributed by atoms with Crippen LogP contribution in [0.1, 0.15) is 0 Å². The van der Waals surface area contributed by atoms with Crippen molar-refractivity contribution in [3.8, 4) is 0 Å². The summed E-state index contributed by atoms with van der Waals surface area (Å²) in [6, 6.07) is 12.2. The van der Waals surface area contributed by atoms with Gasteiger partial charge < -0.3 is 9.13 Å². The minimum absolute atomic E-state index is 0.723. The molecule has 0 saturated carbocycles. The molecule has 0 N–H and O–H groups in total. The van der Waals surface area contributed by atoms with Gasteiger partial charge in [-0.05, 0) is 36.4 Å². The van der Waals surface area contributed by atoms with Gasteiger partial charge in [0.05, 0.1) is 0 Å². The van der Waals surface area contributed by atoms with Gasteiger partial charge in [0.1, 0.15) is 18.0 Å². The summed E-state index contributed by atoms with van der Waals surface area (Å²) in [6.07, 6.45) is 7.77. The Balaban J connectivity index is 1.82. The highest BCUT2D eigenvalue weighted by Crippen LogP contribution is 2.16. The lowest BCUT2D eigenvalue weighted by atomic mass is 10.3. The van der Waals surface area contributed by atoms with Crippen LogP contribution in [0.2, 0.25) is 0 Å². The number of fused-ring (bicyclic) bond motifs is 2. The first-order chi connectivity index (χ1) is 9.42. The van der Waals surface area contributed by atoms with E-state index in [0.29, 0.717) is 0 Å². The van der Waals surface area contributed by atoms with Crippen LogP contribution in [0, 0.1) is 0 Å². The molecule has 0 spiro atoms. The Hall–Kier alpha value is -2.62. The van der Waals surface area contributed by atoms with Gasteiger partial charge in [-0.15, -0.1) is 0 Å². The molecule has 4 heterocycles. The molecule has 4 nitrogen and oxygen atoms in total. The summed E-state index contributed by atoms with van der Waals surface area (Å²) in [7, 11) is 0. The normalized spacial score (nSPS) is 11.4. The van der Waals surface area contributed by atoms with Crippen LogP contribution in [0.25, 0.3) is 22.1 Å². The minimum atomic E-state index is 0.723. The summed E-state index contributed by atoms with van der Waals surface area (Å²) in [5, 5.41) is 2.32. The lowest BCUT2D eigenvalue weighted by Gasteiger charge is -2.07. The summed E-state index contributed by atoms with van der Waals surface area (Å²) in [5.74, 6) is 0. The largest absolute Gasteiger partial charge is 0.314 e. The van der Waals surface area contributed by atoms with Gasteiger partial charge in [0.25, 0.3) is 0 Å². The highest BCUT2D eigenvalue weighted by molar-refractivity contribution is 5.77. The third-order valence-corrected chi connectivity index (χ3v) is 3.35. The lowest BCUT2D eigenvalue weighted by Crippen LogP contribution is -2.06. The van der Waals surface area contributed by atoms with Crippen molar-refractivity contribution in [3.63, 3.8) is 0 Å². The molecule has 19 heavy (non-hydrogen) atoms. The Labute approximate surface area is 109 Å². The minimum Gasteiger partial charge on any atom is -0.314 e. The van der Waals surface area contributed by atoms with Gasteiger partial charge in [-0.2, -0.15) is 0 Å². The molecule has 4 heteroatoms. The quantitative estimate of drug-likeness (QED) is 0.547. The average Bonchev–Trinajstić information content (AvgIpc) is 3.05. The van der Waals surface area contributed by atoms with Crippen molar-refractivity contribution < 1.29 is 0 Å². The van der Waals surface area contributed by atoms with Crippen LogP contribution in [0.15, 0.2) is 61.2 Å². The van der Waals surface area contributed by atoms with Crippen LogP contribution in [-0.2, 0) is 6.67 Å². The highest BCUT2D eigenvalue weighted by Gasteiger charge is 2.04. The number of rotatable bonds is 2. The van der Waals surface area contributed by atoms with Crippen molar-refractivity contribution in [1.82, 2.24) is 19.1 Å². The first-order valence-electron chi connectivity index (χ1n) is 6.21. The molecular weight excluding hydrogens is 236 g/mol. The van der Waals surface area contributed by atoms with Gasteiger partial charge in [0, 0.05) is 35.6 Å². The Kier molecular flexibility index (Phi) is 2.14. The summed E-state index contributed by atoms with van der Waals surface area (Å²) in [6.45, 7) is 0.723. The van der Waals surface area contributed by atoms with Gasteiger partial charge in [-0.1, -0.05) is 0 Å². The molecule has 0 aliphatic carbocycles. The third kappa shape index (κ3) is 1.61. The first-order valence-corrected chi connectivity index (χ1v) is 6.21. The highest BCUT2D eigenvalue weighted by atomic mass is 15.2. The van der Waals surface area contributed by atoms with E-state index < -0.39 is 0 Å². The maximum atomic E-state index is 4.43. The van der Waals surface area contributed by atoms with Gasteiger partial charge in [-0.3, -0.25) is 0 Å². The molecule has 0 amide bonds. The monoisotopic (exact) mass is 248 g/mol. The van der Waals surface area contributed by atoms with E-state index in [1.54, 1.807) is 0 Å². The Morgan fingerprint density at radius 3 is 1.79 bits per heavy atom. The summed E-state index contributed by atoms with van der Waals surface area (Å²) in [5.41, 5.74) is 2.00. The Morgan fingerprint density at radius 2 is 1.26 bits per heavy atom. The lowest BCUT2D eigenvalue weighted by molar-refractivity contribution is 0.638. The number of aromatic nitrogens is 4. The van der Waals surface area contributed by atoms with Crippen molar-refractivity contribution in [2.24, 2.45) is 0 Å². The van der Waals surface area contributed by atoms with Crippen molar-refractivity contribution >= 4 is 22.1 Å². The van der Waals surface area contributed by atoms with E-state index in [0.717, 1.165) is 28.7 Å². The van der Waals surface area contributed by atoms with E-state index in [-0.39, 0.29) is 0 Å². The molecule has 4 rings (SSSR count). The molecular formula is C15H12N4. The van der Waals surface area contributed by atoms with Gasteiger partial charge in [-0.25, -0.2) is 9.97 Å². The fraction of sp³-hybridized carbons (Fsp3) is 0.0667. The zero-order chi connectivity index (χ0) is 12.7. The topological polar surface area (TPSA) is 35.6 Å². The standard InChI is InChI=1S/C15H12N4/c1-3-12-5-9-18(14(12)16-7-1)11-19-10-6-13-4-2-8-17-15(13)19/h1-10H,11H2. The number of hydrogen-bond donors (Lipinski definition) is 0. The fourth-order valence-electron chi connectivity index (χ4n) is 2.43. The molecule has 0 aromatic carbocycles. The summed E-state index contributed by atoms with van der Waals surface area (Å²) in [4.78, 5) is 8.86. The number of hydrogen-bond acceptors (Lipinski definition) is 2. The predicted octanol–water partition coefficient (Wildman–Crippen LogP) is 2.89. The maximum absolute atomic E-state index is 4.43. The van der Waals surface area contributed by atoms with E-state index >= 15 is 0 Å². The van der Waals surface area contributed by atoms with Crippen molar-refractivity contribution in [2.45, 2.75) is 6.67 Å². The van der Waals surface area contributed by atoms with Crippen molar-refractivity contribution in [1.29, 1.82) is 0 Å². The molecule has 0 bridgehead atoms. The maximum Gasteiger partial charge on any atom is 0.141 e. The van der Waals surface area contributed by atoms with E-state index in [2.05, 4.69) is 55.8 Å². The first kappa shape index (κ1) is 10.3. The van der Waals surface area contributed by atoms with Crippen LogP contribution < -0.4 is 0 Å². The summed E-state index contributed by atoms with van der Waals surface area (Å²) >= 11 is 0. The number of pyridine rings is 2. The van der Waals surface area contributed by atoms with Crippen LogP contribution in [0.4, 0.5) is 0 Å². The third-order valence-electron chi connectivity index (χ3n) is 3.35. The molecule has 0 fully saturated rings.